The summed E-state index contributed by atoms with van der Waals surface area (Å²) in [6.45, 7) is 1.64. The van der Waals surface area contributed by atoms with Gasteiger partial charge < -0.3 is 5.11 Å². The molecule has 7 heteroatoms. The second-order valence-corrected chi connectivity index (χ2v) is 4.52. The molecule has 0 spiro atoms. The Morgan fingerprint density at radius 1 is 1.32 bits per heavy atom. The van der Waals surface area contributed by atoms with Gasteiger partial charge in [-0.25, -0.2) is 5.43 Å². The molecule has 112 valence electrons. The highest BCUT2D eigenvalue weighted by Crippen LogP contribution is 2.18. The summed E-state index contributed by atoms with van der Waals surface area (Å²) in [5, 5.41) is 24.1. The monoisotopic (exact) mass is 299 g/mol. The van der Waals surface area contributed by atoms with Gasteiger partial charge in [-0.05, 0) is 19.1 Å². The second-order valence-electron chi connectivity index (χ2n) is 4.52. The number of hydrogen-bond donors (Lipinski definition) is 2. The Balaban J connectivity index is 2.10. The number of nitro groups is 1. The largest absolute Gasteiger partial charge is 0.507 e. The molecule has 0 aliphatic rings. The summed E-state index contributed by atoms with van der Waals surface area (Å²) < 4.78 is 0. The van der Waals surface area contributed by atoms with Gasteiger partial charge >= 0.3 is 0 Å². The first-order valence-electron chi connectivity index (χ1n) is 6.35. The van der Waals surface area contributed by atoms with Crippen molar-refractivity contribution in [2.75, 3.05) is 0 Å². The Hall–Kier alpha value is -3.22. The number of aromatic hydroxyl groups is 1. The van der Waals surface area contributed by atoms with Crippen LogP contribution >= 0.6 is 0 Å². The van der Waals surface area contributed by atoms with Crippen LogP contribution in [0.4, 0.5) is 5.69 Å². The predicted octanol–water partition coefficient (Wildman–Crippen LogP) is 2.37. The Kier molecular flexibility index (Phi) is 4.47. The number of nitro benzene ring substituents is 1. The number of amides is 1. The van der Waals surface area contributed by atoms with Gasteiger partial charge in [0, 0.05) is 17.2 Å². The molecule has 0 bridgehead atoms. The van der Waals surface area contributed by atoms with Gasteiger partial charge in [0.2, 0.25) is 0 Å². The van der Waals surface area contributed by atoms with Crippen molar-refractivity contribution in [1.29, 1.82) is 0 Å². The lowest BCUT2D eigenvalue weighted by atomic mass is 10.1. The van der Waals surface area contributed by atoms with E-state index in [4.69, 9.17) is 0 Å². The van der Waals surface area contributed by atoms with Crippen LogP contribution in [0.15, 0.2) is 47.6 Å². The van der Waals surface area contributed by atoms with Gasteiger partial charge in [0.15, 0.2) is 0 Å². The minimum Gasteiger partial charge on any atom is -0.507 e. The van der Waals surface area contributed by atoms with Crippen LogP contribution < -0.4 is 5.43 Å². The number of nitrogens with one attached hydrogen (secondary N) is 1. The van der Waals surface area contributed by atoms with Gasteiger partial charge in [0.05, 0.1) is 16.7 Å². The van der Waals surface area contributed by atoms with E-state index in [1.165, 1.54) is 24.4 Å². The van der Waals surface area contributed by atoms with E-state index in [9.17, 15) is 20.0 Å². The van der Waals surface area contributed by atoms with E-state index in [-0.39, 0.29) is 17.0 Å². The van der Waals surface area contributed by atoms with Crippen LogP contribution in [0.5, 0.6) is 5.75 Å². The molecule has 0 aliphatic heterocycles. The highest BCUT2D eigenvalue weighted by Gasteiger charge is 2.11. The lowest BCUT2D eigenvalue weighted by Gasteiger charge is -2.02. The molecule has 0 aliphatic carbocycles. The first kappa shape index (κ1) is 15.2. The molecule has 2 aromatic carbocycles. The molecular weight excluding hydrogens is 286 g/mol. The maximum atomic E-state index is 11.8. The summed E-state index contributed by atoms with van der Waals surface area (Å²) in [5.74, 6) is -0.725. The van der Waals surface area contributed by atoms with Gasteiger partial charge in [0.1, 0.15) is 5.75 Å². The van der Waals surface area contributed by atoms with Crippen LogP contribution in [0.1, 0.15) is 21.5 Å². The van der Waals surface area contributed by atoms with E-state index in [1.807, 2.05) is 0 Å². The third-order valence-electron chi connectivity index (χ3n) is 2.96. The first-order chi connectivity index (χ1) is 10.5. The van der Waals surface area contributed by atoms with Crippen molar-refractivity contribution in [3.05, 3.63) is 69.3 Å². The quantitative estimate of drug-likeness (QED) is 0.513. The van der Waals surface area contributed by atoms with Crippen molar-refractivity contribution in [2.45, 2.75) is 6.92 Å². The van der Waals surface area contributed by atoms with Crippen molar-refractivity contribution < 1.29 is 14.8 Å². The summed E-state index contributed by atoms with van der Waals surface area (Å²) in [7, 11) is 0. The fraction of sp³-hybridized carbons (Fsp3) is 0.0667. The van der Waals surface area contributed by atoms with Gasteiger partial charge in [-0.15, -0.1) is 0 Å². The van der Waals surface area contributed by atoms with Gasteiger partial charge in [0.25, 0.3) is 11.6 Å². The fourth-order valence-electron chi connectivity index (χ4n) is 1.79. The number of hydrogen-bond acceptors (Lipinski definition) is 5. The van der Waals surface area contributed by atoms with Crippen molar-refractivity contribution in [3.8, 4) is 5.75 Å². The number of carbonyl (C=O) groups is 1. The van der Waals surface area contributed by atoms with E-state index in [1.54, 1.807) is 31.2 Å². The van der Waals surface area contributed by atoms with E-state index < -0.39 is 10.8 Å². The molecule has 7 nitrogen and oxygen atoms in total. The summed E-state index contributed by atoms with van der Waals surface area (Å²) >= 11 is 0. The third-order valence-corrected chi connectivity index (χ3v) is 2.96. The number of rotatable bonds is 4. The average molecular weight is 299 g/mol. The van der Waals surface area contributed by atoms with Crippen LogP contribution in [0.25, 0.3) is 0 Å². The zero-order valence-electron chi connectivity index (χ0n) is 11.7. The van der Waals surface area contributed by atoms with E-state index in [0.29, 0.717) is 11.1 Å². The number of benzene rings is 2. The molecule has 0 fully saturated rings. The fourth-order valence-corrected chi connectivity index (χ4v) is 1.79. The van der Waals surface area contributed by atoms with Crippen molar-refractivity contribution in [1.82, 2.24) is 5.43 Å². The second kappa shape index (κ2) is 6.49. The van der Waals surface area contributed by atoms with Crippen LogP contribution in [-0.2, 0) is 0 Å². The molecule has 2 rings (SSSR count). The minimum atomic E-state index is -0.573. The molecular formula is C15H13N3O4. The first-order valence-corrected chi connectivity index (χ1v) is 6.35. The Morgan fingerprint density at radius 2 is 2.05 bits per heavy atom. The lowest BCUT2D eigenvalue weighted by molar-refractivity contribution is -0.385. The molecule has 0 aromatic heterocycles. The number of aryl methyl sites for hydroxylation is 1. The Bertz CT molecular complexity index is 756. The smallest absolute Gasteiger partial charge is 0.275 e. The molecule has 0 heterocycles. The van der Waals surface area contributed by atoms with Gasteiger partial charge in [-0.2, -0.15) is 5.10 Å². The number of carbonyl (C=O) groups excluding carboxylic acids is 1. The zero-order chi connectivity index (χ0) is 16.1. The maximum Gasteiger partial charge on any atom is 0.275 e. The summed E-state index contributed by atoms with van der Waals surface area (Å²) in [6.07, 6.45) is 1.30. The number of phenolic OH excluding ortho intramolecular Hbond substituents is 1. The molecule has 0 unspecified atom stereocenters. The molecule has 2 aromatic rings. The number of nitrogens with zero attached hydrogens (tertiary/aromatic N) is 2. The third kappa shape index (κ3) is 3.45. The van der Waals surface area contributed by atoms with Crippen molar-refractivity contribution >= 4 is 17.8 Å². The standard InChI is InChI=1S/C15H13N3O4/c1-10-6-7-11(8-13(10)18(21)22)9-16-17-15(20)12-4-2-3-5-14(12)19/h2-9,19H,1H3,(H,17,20)/b16-9-. The van der Waals surface area contributed by atoms with Crippen molar-refractivity contribution in [2.24, 2.45) is 5.10 Å². The maximum absolute atomic E-state index is 11.8. The molecule has 1 amide bonds. The average Bonchev–Trinajstić information content (AvgIpc) is 2.49. The molecule has 0 radical (unpaired) electrons. The summed E-state index contributed by atoms with van der Waals surface area (Å²) in [6, 6.07) is 10.7. The Labute approximate surface area is 126 Å². The lowest BCUT2D eigenvalue weighted by Crippen LogP contribution is -2.17. The van der Waals surface area contributed by atoms with Gasteiger partial charge in [-0.3, -0.25) is 14.9 Å². The minimum absolute atomic E-state index is 0.0176. The van der Waals surface area contributed by atoms with Gasteiger partial charge in [-0.1, -0.05) is 24.3 Å². The SMILES string of the molecule is Cc1ccc(/C=N\NC(=O)c2ccccc2O)cc1[N+](=O)[O-]. The topological polar surface area (TPSA) is 105 Å². The van der Waals surface area contributed by atoms with E-state index >= 15 is 0 Å². The highest BCUT2D eigenvalue weighted by atomic mass is 16.6. The number of para-hydroxylation sites is 1. The molecule has 2 N–H and O–H groups in total. The summed E-state index contributed by atoms with van der Waals surface area (Å²) in [5.41, 5.74) is 3.35. The number of phenols is 1. The summed E-state index contributed by atoms with van der Waals surface area (Å²) in [4.78, 5) is 22.2. The van der Waals surface area contributed by atoms with Crippen LogP contribution in [0.2, 0.25) is 0 Å². The molecule has 22 heavy (non-hydrogen) atoms. The van der Waals surface area contributed by atoms with Crippen LogP contribution in [0, 0.1) is 17.0 Å². The van der Waals surface area contributed by atoms with Crippen LogP contribution in [0.3, 0.4) is 0 Å². The normalized spacial score (nSPS) is 10.6. The molecule has 0 saturated carbocycles. The number of hydrazone groups is 1. The van der Waals surface area contributed by atoms with Crippen molar-refractivity contribution in [3.63, 3.8) is 0 Å². The van der Waals surface area contributed by atoms with Crippen LogP contribution in [-0.4, -0.2) is 22.2 Å². The molecule has 0 atom stereocenters. The van der Waals surface area contributed by atoms with E-state index in [2.05, 4.69) is 10.5 Å². The van der Waals surface area contributed by atoms with E-state index in [0.717, 1.165) is 0 Å². The Morgan fingerprint density at radius 3 is 2.73 bits per heavy atom. The highest BCUT2D eigenvalue weighted by molar-refractivity contribution is 5.97. The predicted molar refractivity (Wildman–Crippen MR) is 81.0 cm³/mol. The zero-order valence-corrected chi connectivity index (χ0v) is 11.7. The molecule has 0 saturated heterocycles.